The second kappa shape index (κ2) is 7.40. The average Bonchev–Trinajstić information content (AvgIpc) is 2.66. The molecule has 2 aromatic rings. The largest absolute Gasteiger partial charge is 0.348 e. The van der Waals surface area contributed by atoms with Gasteiger partial charge in [-0.3, -0.25) is 14.2 Å². The van der Waals surface area contributed by atoms with Crippen LogP contribution in [-0.4, -0.2) is 15.0 Å². The fourth-order valence-electron chi connectivity index (χ4n) is 3.38. The molecule has 0 aliphatic heterocycles. The summed E-state index contributed by atoms with van der Waals surface area (Å²) < 4.78 is 2.08. The van der Waals surface area contributed by atoms with E-state index in [9.17, 15) is 14.4 Å². The Morgan fingerprint density at radius 1 is 1.35 bits per heavy atom. The lowest BCUT2D eigenvalue weighted by atomic mass is 9.88. The number of nitrogens with one attached hydrogen (secondary N) is 1. The number of fused-ring (bicyclic) bond motifs is 1. The van der Waals surface area contributed by atoms with Gasteiger partial charge in [0.25, 0.3) is 5.56 Å². The molecule has 0 fully saturated rings. The Balaban J connectivity index is 1.85. The van der Waals surface area contributed by atoms with E-state index in [2.05, 4.69) is 11.4 Å². The molecule has 1 aromatic carbocycles. The predicted octanol–water partition coefficient (Wildman–Crippen LogP) is 1.10. The van der Waals surface area contributed by atoms with Crippen LogP contribution in [0.5, 0.6) is 0 Å². The van der Waals surface area contributed by atoms with Gasteiger partial charge in [0.1, 0.15) is 18.2 Å². The van der Waals surface area contributed by atoms with Crippen LogP contribution in [0.15, 0.2) is 40.1 Å². The number of hydrogen-bond donors (Lipinski definition) is 1. The van der Waals surface area contributed by atoms with Gasteiger partial charge in [-0.15, -0.1) is 0 Å². The number of benzene rings is 1. The van der Waals surface area contributed by atoms with Gasteiger partial charge in [0, 0.05) is 12.7 Å². The first-order valence-corrected chi connectivity index (χ1v) is 8.66. The Kier molecular flexibility index (Phi) is 5.03. The Bertz CT molecular complexity index is 997. The van der Waals surface area contributed by atoms with E-state index in [0.29, 0.717) is 6.54 Å². The monoisotopic (exact) mass is 352 g/mol. The standard InChI is InChI=1S/C19H20N4O3/c1-2-22-11-14(10-20)18(25)23(19(22)26)12-17(24)21-16-9-5-7-13-6-3-4-8-15(13)16/h3-4,6,8,11,16H,2,5,7,9,12H2,1H3,(H,21,24). The number of carbonyl (C=O) groups is 1. The van der Waals surface area contributed by atoms with Gasteiger partial charge >= 0.3 is 5.69 Å². The third kappa shape index (κ3) is 3.31. The Morgan fingerprint density at radius 2 is 2.12 bits per heavy atom. The molecule has 1 aromatic heterocycles. The van der Waals surface area contributed by atoms with E-state index < -0.39 is 23.7 Å². The lowest BCUT2D eigenvalue weighted by Gasteiger charge is -2.26. The van der Waals surface area contributed by atoms with Crippen molar-refractivity contribution in [3.63, 3.8) is 0 Å². The SMILES string of the molecule is CCn1cc(C#N)c(=O)n(CC(=O)NC2CCCc3ccccc32)c1=O. The highest BCUT2D eigenvalue weighted by atomic mass is 16.2. The second-order valence-corrected chi connectivity index (χ2v) is 6.33. The number of aryl methyl sites for hydroxylation is 2. The molecule has 1 aliphatic rings. The highest BCUT2D eigenvalue weighted by Gasteiger charge is 2.22. The molecule has 1 aliphatic carbocycles. The van der Waals surface area contributed by atoms with E-state index in [0.717, 1.165) is 29.4 Å². The normalized spacial score (nSPS) is 15.8. The topological polar surface area (TPSA) is 96.9 Å². The van der Waals surface area contributed by atoms with E-state index in [1.165, 1.54) is 16.3 Å². The Morgan fingerprint density at radius 3 is 2.85 bits per heavy atom. The zero-order chi connectivity index (χ0) is 18.7. The number of nitriles is 1. The molecule has 0 saturated heterocycles. The van der Waals surface area contributed by atoms with Crippen LogP contribution >= 0.6 is 0 Å². The van der Waals surface area contributed by atoms with Crippen molar-refractivity contribution in [1.82, 2.24) is 14.5 Å². The van der Waals surface area contributed by atoms with Crippen LogP contribution in [0.1, 0.15) is 42.5 Å². The average molecular weight is 352 g/mol. The summed E-state index contributed by atoms with van der Waals surface area (Å²) in [6.07, 6.45) is 3.99. The summed E-state index contributed by atoms with van der Waals surface area (Å²) in [4.78, 5) is 37.1. The Hall–Kier alpha value is -3.14. The van der Waals surface area contributed by atoms with Gasteiger partial charge in [-0.05, 0) is 37.3 Å². The first-order chi connectivity index (χ1) is 12.5. The van der Waals surface area contributed by atoms with Gasteiger partial charge in [0.15, 0.2) is 0 Å². The summed E-state index contributed by atoms with van der Waals surface area (Å²) in [5, 5.41) is 12.0. The highest BCUT2D eigenvalue weighted by Crippen LogP contribution is 2.29. The maximum absolute atomic E-state index is 12.5. The van der Waals surface area contributed by atoms with Crippen molar-refractivity contribution in [2.24, 2.45) is 0 Å². The maximum Gasteiger partial charge on any atom is 0.331 e. The summed E-state index contributed by atoms with van der Waals surface area (Å²) >= 11 is 0. The minimum Gasteiger partial charge on any atom is -0.348 e. The molecule has 7 heteroatoms. The van der Waals surface area contributed by atoms with Gasteiger partial charge in [-0.1, -0.05) is 24.3 Å². The van der Waals surface area contributed by atoms with Gasteiger partial charge in [0.2, 0.25) is 5.91 Å². The second-order valence-electron chi connectivity index (χ2n) is 6.33. The molecule has 1 N–H and O–H groups in total. The van der Waals surface area contributed by atoms with E-state index in [1.807, 2.05) is 18.2 Å². The number of rotatable bonds is 4. The third-order valence-electron chi connectivity index (χ3n) is 4.70. The van der Waals surface area contributed by atoms with E-state index in [1.54, 1.807) is 13.0 Å². The zero-order valence-electron chi connectivity index (χ0n) is 14.6. The molecule has 134 valence electrons. The molecule has 3 rings (SSSR count). The molecule has 1 heterocycles. The summed E-state index contributed by atoms with van der Waals surface area (Å²) in [7, 11) is 0. The highest BCUT2D eigenvalue weighted by molar-refractivity contribution is 5.76. The van der Waals surface area contributed by atoms with Crippen LogP contribution < -0.4 is 16.6 Å². The lowest BCUT2D eigenvalue weighted by Crippen LogP contribution is -2.45. The molecule has 0 radical (unpaired) electrons. The maximum atomic E-state index is 12.5. The molecular formula is C19H20N4O3. The summed E-state index contributed by atoms with van der Waals surface area (Å²) in [5.74, 6) is -0.413. The molecule has 1 unspecified atom stereocenters. The first-order valence-electron chi connectivity index (χ1n) is 8.66. The number of aromatic nitrogens is 2. The summed E-state index contributed by atoms with van der Waals surface area (Å²) in [6, 6.07) is 9.60. The van der Waals surface area contributed by atoms with Crippen LogP contribution in [0.2, 0.25) is 0 Å². The minimum atomic E-state index is -0.735. The quantitative estimate of drug-likeness (QED) is 0.891. The minimum absolute atomic E-state index is 0.129. The summed E-state index contributed by atoms with van der Waals surface area (Å²) in [6.45, 7) is 1.65. The molecule has 1 amide bonds. The van der Waals surface area contributed by atoms with Gasteiger partial charge in [0.05, 0.1) is 6.04 Å². The molecule has 7 nitrogen and oxygen atoms in total. The fraction of sp³-hybridized carbons (Fsp3) is 0.368. The molecule has 0 saturated carbocycles. The van der Waals surface area contributed by atoms with Crippen molar-refractivity contribution in [1.29, 1.82) is 5.26 Å². The number of amides is 1. The molecule has 1 atom stereocenters. The van der Waals surface area contributed by atoms with Crippen molar-refractivity contribution < 1.29 is 4.79 Å². The molecular weight excluding hydrogens is 332 g/mol. The first kappa shape index (κ1) is 17.7. The van der Waals surface area contributed by atoms with Crippen molar-refractivity contribution in [3.05, 3.63) is 68.0 Å². The van der Waals surface area contributed by atoms with Gasteiger partial charge in [-0.25, -0.2) is 9.36 Å². The zero-order valence-corrected chi connectivity index (χ0v) is 14.6. The van der Waals surface area contributed by atoms with Crippen LogP contribution in [0.4, 0.5) is 0 Å². The molecule has 0 bridgehead atoms. The van der Waals surface area contributed by atoms with Crippen molar-refractivity contribution in [2.45, 2.75) is 45.3 Å². The van der Waals surface area contributed by atoms with Crippen LogP contribution in [0.3, 0.4) is 0 Å². The fourth-order valence-corrected chi connectivity index (χ4v) is 3.38. The summed E-state index contributed by atoms with van der Waals surface area (Å²) in [5.41, 5.74) is 0.816. The van der Waals surface area contributed by atoms with Crippen LogP contribution in [0, 0.1) is 11.3 Å². The predicted molar refractivity (Wildman–Crippen MR) is 95.6 cm³/mol. The molecule has 26 heavy (non-hydrogen) atoms. The van der Waals surface area contributed by atoms with Gasteiger partial charge in [-0.2, -0.15) is 5.26 Å². The van der Waals surface area contributed by atoms with Crippen LogP contribution in [-0.2, 0) is 24.3 Å². The number of carbonyl (C=O) groups excluding carboxylic acids is 1. The van der Waals surface area contributed by atoms with E-state index in [-0.39, 0.29) is 11.6 Å². The third-order valence-corrected chi connectivity index (χ3v) is 4.70. The smallest absolute Gasteiger partial charge is 0.331 e. The number of nitrogens with zero attached hydrogens (tertiary/aromatic N) is 3. The van der Waals surface area contributed by atoms with Crippen LogP contribution in [0.25, 0.3) is 0 Å². The number of hydrogen-bond acceptors (Lipinski definition) is 4. The van der Waals surface area contributed by atoms with E-state index >= 15 is 0 Å². The van der Waals surface area contributed by atoms with Crippen molar-refractivity contribution in [2.75, 3.05) is 0 Å². The van der Waals surface area contributed by atoms with E-state index in [4.69, 9.17) is 5.26 Å². The Labute approximate surface area is 150 Å². The van der Waals surface area contributed by atoms with Crippen molar-refractivity contribution in [3.8, 4) is 6.07 Å². The van der Waals surface area contributed by atoms with Crippen molar-refractivity contribution >= 4 is 5.91 Å². The molecule has 0 spiro atoms. The lowest BCUT2D eigenvalue weighted by molar-refractivity contribution is -0.122. The van der Waals surface area contributed by atoms with Gasteiger partial charge < -0.3 is 5.32 Å².